The summed E-state index contributed by atoms with van der Waals surface area (Å²) in [5.74, 6) is -2.26. The van der Waals surface area contributed by atoms with Crippen LogP contribution in [0.2, 0.25) is 0 Å². The third-order valence-electron chi connectivity index (χ3n) is 14.9. The summed E-state index contributed by atoms with van der Waals surface area (Å²) in [7, 11) is -9.96. The van der Waals surface area contributed by atoms with Crippen molar-refractivity contribution in [3.8, 4) is 0 Å². The van der Waals surface area contributed by atoms with Gasteiger partial charge >= 0.3 is 39.5 Å². The van der Waals surface area contributed by atoms with Gasteiger partial charge in [-0.1, -0.05) is 239 Å². The lowest BCUT2D eigenvalue weighted by Crippen LogP contribution is -2.30. The number of hydrogen-bond acceptors (Lipinski definition) is 15. The van der Waals surface area contributed by atoms with Crippen molar-refractivity contribution in [2.24, 2.45) is 0 Å². The molecular formula is C77H130O17P2. The molecular weight excluding hydrogens is 1260 g/mol. The average Bonchev–Trinajstić information content (AvgIpc) is 1.41. The minimum atomic E-state index is -4.99. The maximum Gasteiger partial charge on any atom is 0.472 e. The molecule has 0 aromatic heterocycles. The van der Waals surface area contributed by atoms with Crippen LogP contribution in [0.1, 0.15) is 285 Å². The van der Waals surface area contributed by atoms with Gasteiger partial charge in [0.05, 0.1) is 26.4 Å². The summed E-state index contributed by atoms with van der Waals surface area (Å²) in [4.78, 5) is 72.6. The molecule has 0 aliphatic heterocycles. The number of hydrogen-bond donors (Lipinski definition) is 3. The van der Waals surface area contributed by atoms with Crippen LogP contribution in [-0.4, -0.2) is 96.7 Å². The van der Waals surface area contributed by atoms with Crippen LogP contribution in [0, 0.1) is 0 Å². The Morgan fingerprint density at radius 2 is 0.542 bits per heavy atom. The summed E-state index contributed by atoms with van der Waals surface area (Å²) in [6, 6.07) is 0. The van der Waals surface area contributed by atoms with Gasteiger partial charge in [-0.2, -0.15) is 0 Å². The molecule has 550 valence electrons. The number of rotatable bonds is 68. The van der Waals surface area contributed by atoms with E-state index in [2.05, 4.69) is 149 Å². The molecule has 17 nitrogen and oxygen atoms in total. The number of allylic oxidation sites excluding steroid dienone is 20. The molecule has 0 amide bonds. The smallest absolute Gasteiger partial charge is 0.462 e. The molecule has 0 spiro atoms. The summed E-state index contributed by atoms with van der Waals surface area (Å²) >= 11 is 0. The third-order valence-corrected chi connectivity index (χ3v) is 16.8. The fraction of sp³-hybridized carbons (Fsp3) is 0.688. The van der Waals surface area contributed by atoms with E-state index < -0.39 is 97.5 Å². The van der Waals surface area contributed by atoms with Crippen molar-refractivity contribution in [2.45, 2.75) is 303 Å². The number of ether oxygens (including phenoxy) is 4. The fourth-order valence-corrected chi connectivity index (χ4v) is 10.9. The Bertz CT molecular complexity index is 2300. The van der Waals surface area contributed by atoms with Gasteiger partial charge in [-0.25, -0.2) is 9.13 Å². The van der Waals surface area contributed by atoms with Gasteiger partial charge < -0.3 is 33.8 Å². The van der Waals surface area contributed by atoms with Crippen molar-refractivity contribution in [3.05, 3.63) is 122 Å². The molecule has 0 rings (SSSR count). The molecule has 0 fully saturated rings. The van der Waals surface area contributed by atoms with Gasteiger partial charge in [0.1, 0.15) is 19.3 Å². The van der Waals surface area contributed by atoms with E-state index >= 15 is 0 Å². The fourth-order valence-electron chi connectivity index (χ4n) is 9.28. The molecule has 0 aliphatic carbocycles. The zero-order valence-electron chi connectivity index (χ0n) is 59.8. The number of unbranched alkanes of at least 4 members (excludes halogenated alkanes) is 22. The Morgan fingerprint density at radius 1 is 0.302 bits per heavy atom. The molecule has 0 bridgehead atoms. The number of aliphatic hydroxyl groups is 1. The number of phosphoric ester groups is 2. The Balaban J connectivity index is 5.37. The van der Waals surface area contributed by atoms with Crippen LogP contribution in [0.4, 0.5) is 0 Å². The number of esters is 4. The first-order valence-electron chi connectivity index (χ1n) is 36.8. The molecule has 0 radical (unpaired) electrons. The minimum absolute atomic E-state index is 0.0365. The molecule has 0 aromatic carbocycles. The first-order valence-corrected chi connectivity index (χ1v) is 39.8. The van der Waals surface area contributed by atoms with Gasteiger partial charge in [-0.3, -0.25) is 37.3 Å². The van der Waals surface area contributed by atoms with Gasteiger partial charge in [-0.15, -0.1) is 0 Å². The second-order valence-electron chi connectivity index (χ2n) is 24.1. The molecule has 96 heavy (non-hydrogen) atoms. The van der Waals surface area contributed by atoms with Crippen LogP contribution in [0.3, 0.4) is 0 Å². The second-order valence-corrected chi connectivity index (χ2v) is 27.0. The van der Waals surface area contributed by atoms with E-state index in [1.54, 1.807) is 0 Å². The summed E-state index contributed by atoms with van der Waals surface area (Å²) in [6.07, 6.45) is 73.6. The molecule has 19 heteroatoms. The standard InChI is InChI=1S/C77H130O17P2/c1-5-9-13-17-21-25-29-31-33-34-35-36-38-39-43-46-50-54-58-62-75(80)88-68-73(94-77(82)64-60-56-52-48-44-40-37-32-30-26-22-18-14-10-6-2)70-92-96(85,86)90-66-71(78)65-89-95(83,84)91-69-72(93-76(81)63-59-55-51-47-42-28-24-20-16-12-8-4)67-87-74(79)61-57-53-49-45-41-27-23-19-15-11-7-3/h9-10,13-14,19-26,31-33,35-37,44,48,71-73,78H,5-8,11-12,15-18,27-30,34,38-43,45-47,49-70H2,1-4H3,(H,83,84)(H,85,86)/b13-9-,14-10-,23-19-,24-20-,25-21-,26-22-,33-31-,36-35-,37-32-,48-44-. The highest BCUT2D eigenvalue weighted by atomic mass is 31.2. The molecule has 0 heterocycles. The molecule has 5 unspecified atom stereocenters. The van der Waals surface area contributed by atoms with E-state index in [0.717, 1.165) is 173 Å². The van der Waals surface area contributed by atoms with Gasteiger partial charge in [-0.05, 0) is 141 Å². The van der Waals surface area contributed by atoms with E-state index in [9.17, 15) is 43.2 Å². The van der Waals surface area contributed by atoms with E-state index in [1.807, 2.05) is 0 Å². The highest BCUT2D eigenvalue weighted by molar-refractivity contribution is 7.47. The van der Waals surface area contributed by atoms with Crippen molar-refractivity contribution in [1.82, 2.24) is 0 Å². The predicted molar refractivity (Wildman–Crippen MR) is 390 cm³/mol. The molecule has 5 atom stereocenters. The van der Waals surface area contributed by atoms with Crippen molar-refractivity contribution < 1.29 is 80.2 Å². The largest absolute Gasteiger partial charge is 0.472 e. The zero-order valence-corrected chi connectivity index (χ0v) is 61.5. The Morgan fingerprint density at radius 3 is 0.865 bits per heavy atom. The topological polar surface area (TPSA) is 237 Å². The summed E-state index contributed by atoms with van der Waals surface area (Å²) in [5.41, 5.74) is 0. The van der Waals surface area contributed by atoms with Crippen molar-refractivity contribution in [2.75, 3.05) is 39.6 Å². The Hall–Kier alpha value is -4.54. The van der Waals surface area contributed by atoms with Crippen molar-refractivity contribution in [1.29, 1.82) is 0 Å². The lowest BCUT2D eigenvalue weighted by Gasteiger charge is -2.21. The van der Waals surface area contributed by atoms with E-state index in [-0.39, 0.29) is 25.7 Å². The number of carbonyl (C=O) groups excluding carboxylic acids is 4. The first-order chi connectivity index (χ1) is 46.7. The minimum Gasteiger partial charge on any atom is -0.462 e. The molecule has 0 aliphatic rings. The van der Waals surface area contributed by atoms with Gasteiger partial charge in [0, 0.05) is 25.7 Å². The van der Waals surface area contributed by atoms with E-state index in [1.165, 1.54) is 25.7 Å². The quantitative estimate of drug-likeness (QED) is 0.0169. The van der Waals surface area contributed by atoms with Crippen molar-refractivity contribution >= 4 is 39.5 Å². The Kier molecular flexibility index (Phi) is 65.7. The normalized spacial score (nSPS) is 14.7. The molecule has 3 N–H and O–H groups in total. The highest BCUT2D eigenvalue weighted by Crippen LogP contribution is 2.45. The monoisotopic (exact) mass is 1390 g/mol. The van der Waals surface area contributed by atoms with Crippen LogP contribution in [-0.2, 0) is 65.4 Å². The van der Waals surface area contributed by atoms with Crippen molar-refractivity contribution in [3.63, 3.8) is 0 Å². The van der Waals surface area contributed by atoms with Crippen LogP contribution in [0.25, 0.3) is 0 Å². The van der Waals surface area contributed by atoms with Crippen LogP contribution in [0.15, 0.2) is 122 Å². The maximum atomic E-state index is 13.1. The lowest BCUT2D eigenvalue weighted by atomic mass is 10.1. The Labute approximate surface area is 581 Å². The number of carbonyl (C=O) groups is 4. The SMILES string of the molecule is CC/C=C\C/C=C\C/C=C\C/C=C\CCCCCCCCC(=O)OCC(COP(=O)(O)OCC(O)COP(=O)(O)OCC(COC(=O)CCCCCCC/C=C\CCCC)OC(=O)CCCCCCC/C=C\CCCC)OC(=O)CCCC/C=C\C/C=C\C/C=C\C/C=C\CC. The van der Waals surface area contributed by atoms with E-state index in [4.69, 9.17) is 37.0 Å². The second kappa shape index (κ2) is 69.0. The van der Waals surface area contributed by atoms with Gasteiger partial charge in [0.15, 0.2) is 12.2 Å². The molecule has 0 saturated carbocycles. The highest BCUT2D eigenvalue weighted by Gasteiger charge is 2.30. The van der Waals surface area contributed by atoms with Gasteiger partial charge in [0.2, 0.25) is 0 Å². The molecule has 0 aromatic rings. The lowest BCUT2D eigenvalue weighted by molar-refractivity contribution is -0.161. The van der Waals surface area contributed by atoms with Gasteiger partial charge in [0.25, 0.3) is 0 Å². The van der Waals surface area contributed by atoms with Crippen LogP contribution >= 0.6 is 15.6 Å². The van der Waals surface area contributed by atoms with Crippen LogP contribution in [0.5, 0.6) is 0 Å². The summed E-state index contributed by atoms with van der Waals surface area (Å²) < 4.78 is 68.2. The molecule has 0 saturated heterocycles. The predicted octanol–water partition coefficient (Wildman–Crippen LogP) is 20.8. The van der Waals surface area contributed by atoms with E-state index in [0.29, 0.717) is 32.1 Å². The average molecular weight is 1390 g/mol. The number of phosphoric acid groups is 2. The van der Waals surface area contributed by atoms with Crippen LogP contribution < -0.4 is 0 Å². The third kappa shape index (κ3) is 68.0. The summed E-state index contributed by atoms with van der Waals surface area (Å²) in [6.45, 7) is 4.46. The zero-order chi connectivity index (χ0) is 70.4. The number of aliphatic hydroxyl groups excluding tert-OH is 1. The summed E-state index contributed by atoms with van der Waals surface area (Å²) in [5, 5.41) is 10.6. The first kappa shape index (κ1) is 91.5. The maximum absolute atomic E-state index is 13.1.